The highest BCUT2D eigenvalue weighted by molar-refractivity contribution is 8.00. The molecule has 0 saturated heterocycles. The molecule has 2 aromatic carbocycles. The first kappa shape index (κ1) is 27.0. The number of thiazole rings is 1. The van der Waals surface area contributed by atoms with Crippen LogP contribution >= 0.6 is 23.1 Å². The van der Waals surface area contributed by atoms with Crippen LogP contribution in [0.4, 0.5) is 26.3 Å². The number of aryl methyl sites for hydroxylation is 1. The Bertz CT molecular complexity index is 1620. The van der Waals surface area contributed by atoms with Gasteiger partial charge in [-0.05, 0) is 74.0 Å². The average molecular weight is 580 g/mol. The molecule has 0 amide bonds. The van der Waals surface area contributed by atoms with Crippen LogP contribution in [-0.2, 0) is 12.4 Å². The lowest BCUT2D eigenvalue weighted by molar-refractivity contribution is -0.143. The van der Waals surface area contributed by atoms with Crippen molar-refractivity contribution in [1.29, 1.82) is 0 Å². The minimum Gasteiger partial charge on any atom is -0.356 e. The number of nitrogens with one attached hydrogen (secondary N) is 1. The van der Waals surface area contributed by atoms with Gasteiger partial charge in [0.2, 0.25) is 5.16 Å². The Hall–Kier alpha value is -3.58. The number of rotatable bonds is 5. The number of hydrogen-bond acceptors (Lipinski definition) is 5. The van der Waals surface area contributed by atoms with E-state index in [1.807, 2.05) is 55.7 Å². The molecule has 0 aliphatic rings. The molecule has 0 saturated carbocycles. The molecule has 39 heavy (non-hydrogen) atoms. The zero-order valence-corrected chi connectivity index (χ0v) is 22.2. The van der Waals surface area contributed by atoms with E-state index in [0.717, 1.165) is 51.3 Å². The van der Waals surface area contributed by atoms with Gasteiger partial charge in [-0.3, -0.25) is 4.57 Å². The number of H-pyrrole nitrogens is 1. The fourth-order valence-corrected chi connectivity index (χ4v) is 5.77. The molecular formula is C26H19F6N5S2. The van der Waals surface area contributed by atoms with Gasteiger partial charge in [-0.1, -0.05) is 18.2 Å². The van der Waals surface area contributed by atoms with E-state index in [4.69, 9.17) is 0 Å². The average Bonchev–Trinajstić information content (AvgIpc) is 3.58. The number of nitrogens with zero attached hydrogens (tertiary/aromatic N) is 4. The zero-order valence-electron chi connectivity index (χ0n) is 20.6. The maximum Gasteiger partial charge on any atom is 0.416 e. The van der Waals surface area contributed by atoms with E-state index >= 15 is 0 Å². The molecule has 202 valence electrons. The van der Waals surface area contributed by atoms with Crippen LogP contribution in [0.25, 0.3) is 28.5 Å². The number of aromatic nitrogens is 5. The van der Waals surface area contributed by atoms with Gasteiger partial charge in [0, 0.05) is 22.3 Å². The molecule has 5 nitrogen and oxygen atoms in total. The van der Waals surface area contributed by atoms with Crippen molar-refractivity contribution in [3.8, 4) is 28.5 Å². The van der Waals surface area contributed by atoms with E-state index in [1.54, 1.807) is 0 Å². The number of aromatic amines is 1. The van der Waals surface area contributed by atoms with Crippen molar-refractivity contribution >= 4 is 23.1 Å². The molecule has 13 heteroatoms. The summed E-state index contributed by atoms with van der Waals surface area (Å²) in [6.45, 7) is 5.93. The van der Waals surface area contributed by atoms with Crippen molar-refractivity contribution in [2.24, 2.45) is 0 Å². The van der Waals surface area contributed by atoms with E-state index in [1.165, 1.54) is 5.38 Å². The number of hydrogen-bond donors (Lipinski definition) is 1. The first-order valence-electron chi connectivity index (χ1n) is 11.4. The van der Waals surface area contributed by atoms with Crippen LogP contribution in [0.1, 0.15) is 27.9 Å². The van der Waals surface area contributed by atoms with Crippen LogP contribution < -0.4 is 0 Å². The lowest BCUT2D eigenvalue weighted by atomic mass is 10.0. The maximum atomic E-state index is 13.3. The predicted octanol–water partition coefficient (Wildman–Crippen LogP) is 8.50. The summed E-state index contributed by atoms with van der Waals surface area (Å²) < 4.78 is 82.2. The van der Waals surface area contributed by atoms with Crippen LogP contribution in [0, 0.1) is 20.8 Å². The highest BCUT2D eigenvalue weighted by Gasteiger charge is 2.37. The Balaban J connectivity index is 1.56. The predicted molar refractivity (Wildman–Crippen MR) is 137 cm³/mol. The molecule has 0 fully saturated rings. The lowest BCUT2D eigenvalue weighted by Crippen LogP contribution is -2.11. The molecule has 0 atom stereocenters. The summed E-state index contributed by atoms with van der Waals surface area (Å²) in [5.74, 6) is 0.557. The molecule has 0 aliphatic heterocycles. The van der Waals surface area contributed by atoms with Gasteiger partial charge in [-0.25, -0.2) is 4.98 Å². The van der Waals surface area contributed by atoms with Gasteiger partial charge < -0.3 is 4.98 Å². The molecule has 0 bridgehead atoms. The highest BCUT2D eigenvalue weighted by Crippen LogP contribution is 2.41. The van der Waals surface area contributed by atoms with Crippen molar-refractivity contribution < 1.29 is 26.3 Å². The van der Waals surface area contributed by atoms with Crippen LogP contribution in [0.5, 0.6) is 0 Å². The van der Waals surface area contributed by atoms with Gasteiger partial charge in [0.15, 0.2) is 10.2 Å². The third-order valence-electron chi connectivity index (χ3n) is 6.23. The van der Waals surface area contributed by atoms with Crippen LogP contribution in [0.2, 0.25) is 0 Å². The fourth-order valence-electron chi connectivity index (χ4n) is 3.99. The Morgan fingerprint density at radius 1 is 0.846 bits per heavy atom. The Labute approximate surface area is 226 Å². The molecule has 0 unspecified atom stereocenters. The Morgan fingerprint density at radius 2 is 1.49 bits per heavy atom. The lowest BCUT2D eigenvalue weighted by Gasteiger charge is -2.13. The normalized spacial score (nSPS) is 12.3. The SMILES string of the molecule is Cc1[nH]c(-c2nnc(Sc3nc(-c4cc(C(F)(F)F)cc(C(F)(F)F)c4)cs3)n2-c2ccccc2)c(C)c1C. The van der Waals surface area contributed by atoms with Crippen molar-refractivity contribution in [2.75, 3.05) is 0 Å². The van der Waals surface area contributed by atoms with Crippen LogP contribution in [0.15, 0.2) is 63.4 Å². The summed E-state index contributed by atoms with van der Waals surface area (Å²) in [5.41, 5.74) is 1.58. The van der Waals surface area contributed by atoms with Crippen molar-refractivity contribution in [1.82, 2.24) is 24.7 Å². The summed E-state index contributed by atoms with van der Waals surface area (Å²) in [6.07, 6.45) is -9.89. The van der Waals surface area contributed by atoms with E-state index in [9.17, 15) is 26.3 Å². The quantitative estimate of drug-likeness (QED) is 0.212. The molecule has 3 heterocycles. The second kappa shape index (κ2) is 9.87. The minimum absolute atomic E-state index is 0.00318. The zero-order chi connectivity index (χ0) is 28.1. The molecule has 5 rings (SSSR count). The summed E-state index contributed by atoms with van der Waals surface area (Å²) in [7, 11) is 0. The van der Waals surface area contributed by atoms with Crippen molar-refractivity contribution in [3.63, 3.8) is 0 Å². The standard InChI is InChI=1S/C26H19F6N5S2/c1-13-14(2)21(33-15(13)3)22-35-36-23(37(22)19-7-5-4-6-8-19)39-24-34-20(12-38-24)16-9-17(25(27,28)29)11-18(10-16)26(30,31)32/h4-12,33H,1-3H3. The number of para-hydroxylation sites is 1. The molecule has 0 aliphatic carbocycles. The summed E-state index contributed by atoms with van der Waals surface area (Å²) in [4.78, 5) is 7.68. The first-order valence-corrected chi connectivity index (χ1v) is 13.1. The number of alkyl halides is 6. The van der Waals surface area contributed by atoms with Gasteiger partial charge >= 0.3 is 12.4 Å². The van der Waals surface area contributed by atoms with E-state index < -0.39 is 23.5 Å². The third-order valence-corrected chi connectivity index (χ3v) is 8.11. The molecule has 0 radical (unpaired) electrons. The molecule has 0 spiro atoms. The molecule has 3 aromatic heterocycles. The summed E-state index contributed by atoms with van der Waals surface area (Å²) >= 11 is 2.20. The van der Waals surface area contributed by atoms with E-state index in [-0.39, 0.29) is 17.3 Å². The minimum atomic E-state index is -4.95. The van der Waals surface area contributed by atoms with Gasteiger partial charge in [0.25, 0.3) is 0 Å². The molecule has 5 aromatic rings. The van der Waals surface area contributed by atoms with E-state index in [0.29, 0.717) is 27.5 Å². The first-order chi connectivity index (χ1) is 18.3. The number of halogens is 6. The third kappa shape index (κ3) is 5.33. The second-order valence-electron chi connectivity index (χ2n) is 8.75. The van der Waals surface area contributed by atoms with Crippen molar-refractivity contribution in [2.45, 2.75) is 42.6 Å². The van der Waals surface area contributed by atoms with Gasteiger partial charge in [-0.15, -0.1) is 21.5 Å². The Kier molecular flexibility index (Phi) is 6.83. The molecule has 1 N–H and O–H groups in total. The van der Waals surface area contributed by atoms with Crippen molar-refractivity contribution in [3.05, 3.63) is 81.9 Å². The Morgan fingerprint density at radius 3 is 2.05 bits per heavy atom. The summed E-state index contributed by atoms with van der Waals surface area (Å²) in [6, 6.07) is 10.8. The number of benzene rings is 2. The maximum absolute atomic E-state index is 13.3. The van der Waals surface area contributed by atoms with Crippen LogP contribution in [-0.4, -0.2) is 24.7 Å². The monoisotopic (exact) mass is 579 g/mol. The van der Waals surface area contributed by atoms with E-state index in [2.05, 4.69) is 20.2 Å². The van der Waals surface area contributed by atoms with Gasteiger partial charge in [-0.2, -0.15) is 26.3 Å². The second-order valence-corrected chi connectivity index (χ2v) is 10.8. The van der Waals surface area contributed by atoms with Gasteiger partial charge in [0.1, 0.15) is 0 Å². The highest BCUT2D eigenvalue weighted by atomic mass is 32.2. The topological polar surface area (TPSA) is 59.4 Å². The smallest absolute Gasteiger partial charge is 0.356 e. The van der Waals surface area contributed by atoms with Gasteiger partial charge in [0.05, 0.1) is 22.5 Å². The fraction of sp³-hybridized carbons (Fsp3) is 0.192. The largest absolute Gasteiger partial charge is 0.416 e. The van der Waals surface area contributed by atoms with Crippen LogP contribution in [0.3, 0.4) is 0 Å². The summed E-state index contributed by atoms with van der Waals surface area (Å²) in [5, 5.41) is 10.6. The molecular weight excluding hydrogens is 560 g/mol.